The number of Topliss-reactive ketones (excluding diaryl/α,β-unsaturated/α-hetero) is 1. The number of carboxylic acids is 1. The van der Waals surface area contributed by atoms with E-state index in [0.717, 1.165) is 56.3 Å². The number of allylic oxidation sites excluding steroid dienone is 1. The molecule has 4 aliphatic rings. The van der Waals surface area contributed by atoms with E-state index in [1.807, 2.05) is 13.0 Å². The third kappa shape index (κ3) is 4.60. The van der Waals surface area contributed by atoms with Crippen molar-refractivity contribution in [3.05, 3.63) is 11.6 Å². The highest BCUT2D eigenvalue weighted by atomic mass is 16.4. The fourth-order valence-electron chi connectivity index (χ4n) is 7.75. The minimum atomic E-state index is -1.16. The van der Waals surface area contributed by atoms with Crippen molar-refractivity contribution in [2.24, 2.45) is 34.5 Å². The number of hydrogen-bond donors (Lipinski definition) is 2. The highest BCUT2D eigenvalue weighted by molar-refractivity contribution is 5.91. The van der Waals surface area contributed by atoms with Crippen molar-refractivity contribution < 1.29 is 24.6 Å². The number of fused-ring (bicyclic) bond motifs is 5. The Morgan fingerprint density at radius 1 is 1.09 bits per heavy atom. The molecule has 0 heterocycles. The number of carboxylic acid groups (broad SMARTS) is 1. The molecule has 0 radical (unpaired) electrons. The third-order valence-electron chi connectivity index (χ3n) is 9.57. The van der Waals surface area contributed by atoms with E-state index in [-0.39, 0.29) is 10.8 Å². The van der Waals surface area contributed by atoms with Gasteiger partial charge in [0.2, 0.25) is 0 Å². The molecule has 0 aromatic rings. The molecule has 0 amide bonds. The molecule has 32 heavy (non-hydrogen) atoms. The summed E-state index contributed by atoms with van der Waals surface area (Å²) in [5, 5.41) is 16.8. The SMILES string of the molecule is CC(=O)[C@H]1CC[C@H]2[C@@H]3CCC4=CC(=O)CC[C@]4(C)[C@H]3CC[C@]12C.CCCCC(O)C(=O)O. The highest BCUT2D eigenvalue weighted by Gasteiger charge is 2.59. The van der Waals surface area contributed by atoms with Crippen LogP contribution in [0, 0.1) is 34.5 Å². The predicted molar refractivity (Wildman–Crippen MR) is 124 cm³/mol. The summed E-state index contributed by atoms with van der Waals surface area (Å²) in [5.41, 5.74) is 1.95. The Kier molecular flexibility index (Phi) is 7.69. The number of hydrogen-bond acceptors (Lipinski definition) is 4. The molecular weight excluding hydrogens is 404 g/mol. The zero-order valence-corrected chi connectivity index (χ0v) is 20.4. The molecule has 0 bridgehead atoms. The van der Waals surface area contributed by atoms with Crippen molar-refractivity contribution in [2.75, 3.05) is 0 Å². The molecule has 4 aliphatic carbocycles. The fraction of sp³-hybridized carbons (Fsp3) is 0.815. The Labute approximate surface area is 193 Å². The molecule has 5 nitrogen and oxygen atoms in total. The first-order valence-electron chi connectivity index (χ1n) is 12.7. The molecule has 2 N–H and O–H groups in total. The smallest absolute Gasteiger partial charge is 0.332 e. The van der Waals surface area contributed by atoms with E-state index in [9.17, 15) is 14.4 Å². The maximum atomic E-state index is 12.1. The molecule has 0 spiro atoms. The number of aliphatic hydroxyl groups excluding tert-OH is 1. The largest absolute Gasteiger partial charge is 0.479 e. The zero-order chi connectivity index (χ0) is 23.7. The molecule has 4 rings (SSSR count). The Morgan fingerprint density at radius 2 is 1.81 bits per heavy atom. The first kappa shape index (κ1) is 25.1. The van der Waals surface area contributed by atoms with Crippen molar-refractivity contribution in [2.45, 2.75) is 104 Å². The summed E-state index contributed by atoms with van der Waals surface area (Å²) in [7, 11) is 0. The van der Waals surface area contributed by atoms with Gasteiger partial charge in [0.1, 0.15) is 5.78 Å². The highest BCUT2D eigenvalue weighted by Crippen LogP contribution is 2.66. The van der Waals surface area contributed by atoms with Crippen LogP contribution in [0.5, 0.6) is 0 Å². The van der Waals surface area contributed by atoms with Gasteiger partial charge in [-0.3, -0.25) is 9.59 Å². The first-order valence-corrected chi connectivity index (χ1v) is 12.7. The summed E-state index contributed by atoms with van der Waals surface area (Å²) in [6.45, 7) is 8.60. The van der Waals surface area contributed by atoms with Crippen molar-refractivity contribution >= 4 is 17.5 Å². The van der Waals surface area contributed by atoms with Crippen LogP contribution < -0.4 is 0 Å². The van der Waals surface area contributed by atoms with Gasteiger partial charge in [-0.05, 0) is 93.0 Å². The van der Waals surface area contributed by atoms with Gasteiger partial charge in [-0.15, -0.1) is 0 Å². The molecule has 1 unspecified atom stereocenters. The van der Waals surface area contributed by atoms with Gasteiger partial charge in [0, 0.05) is 12.3 Å². The molecule has 0 aromatic carbocycles. The van der Waals surface area contributed by atoms with Crippen LogP contribution in [-0.2, 0) is 14.4 Å². The molecular formula is C27H42O5. The monoisotopic (exact) mass is 446 g/mol. The number of carbonyl (C=O) groups is 3. The van der Waals surface area contributed by atoms with E-state index in [2.05, 4.69) is 13.8 Å². The van der Waals surface area contributed by atoms with E-state index in [1.54, 1.807) is 6.92 Å². The Morgan fingerprint density at radius 3 is 2.44 bits per heavy atom. The minimum absolute atomic E-state index is 0.245. The van der Waals surface area contributed by atoms with Crippen LogP contribution in [0.2, 0.25) is 0 Å². The normalized spacial score (nSPS) is 38.9. The molecule has 3 saturated carbocycles. The van der Waals surface area contributed by atoms with Gasteiger partial charge in [-0.1, -0.05) is 39.2 Å². The van der Waals surface area contributed by atoms with Gasteiger partial charge in [-0.25, -0.2) is 4.79 Å². The minimum Gasteiger partial charge on any atom is -0.479 e. The lowest BCUT2D eigenvalue weighted by molar-refractivity contribution is -0.147. The second kappa shape index (κ2) is 9.79. The van der Waals surface area contributed by atoms with Crippen molar-refractivity contribution in [1.82, 2.24) is 0 Å². The number of aliphatic carboxylic acids is 1. The fourth-order valence-corrected chi connectivity index (χ4v) is 7.75. The van der Waals surface area contributed by atoms with Gasteiger partial charge in [-0.2, -0.15) is 0 Å². The van der Waals surface area contributed by atoms with Crippen molar-refractivity contribution in [1.29, 1.82) is 0 Å². The summed E-state index contributed by atoms with van der Waals surface area (Å²) in [6, 6.07) is 0. The summed E-state index contributed by atoms with van der Waals surface area (Å²) < 4.78 is 0. The van der Waals surface area contributed by atoms with Crippen molar-refractivity contribution in [3.63, 3.8) is 0 Å². The second-order valence-corrected chi connectivity index (χ2v) is 11.3. The van der Waals surface area contributed by atoms with Crippen LogP contribution in [0.4, 0.5) is 0 Å². The second-order valence-electron chi connectivity index (χ2n) is 11.3. The van der Waals surface area contributed by atoms with Gasteiger partial charge in [0.15, 0.2) is 11.9 Å². The Hall–Kier alpha value is -1.49. The molecule has 3 fully saturated rings. The maximum Gasteiger partial charge on any atom is 0.332 e. The lowest BCUT2D eigenvalue weighted by Gasteiger charge is -2.58. The number of carbonyl (C=O) groups excluding carboxylic acids is 2. The number of ketones is 2. The summed E-state index contributed by atoms with van der Waals surface area (Å²) in [5.74, 6) is 2.17. The van der Waals surface area contributed by atoms with Gasteiger partial charge < -0.3 is 10.2 Å². The number of rotatable bonds is 5. The number of aliphatic hydroxyl groups is 1. The number of unbranched alkanes of at least 4 members (excludes halogenated alkanes) is 1. The summed E-state index contributed by atoms with van der Waals surface area (Å²) >= 11 is 0. The predicted octanol–water partition coefficient (Wildman–Crippen LogP) is 5.35. The van der Waals surface area contributed by atoms with Crippen LogP contribution in [0.1, 0.15) is 98.3 Å². The van der Waals surface area contributed by atoms with E-state index in [1.165, 1.54) is 31.3 Å². The van der Waals surface area contributed by atoms with Crippen LogP contribution >= 0.6 is 0 Å². The van der Waals surface area contributed by atoms with Crippen LogP contribution in [0.3, 0.4) is 0 Å². The lowest BCUT2D eigenvalue weighted by atomic mass is 9.47. The van der Waals surface area contributed by atoms with Crippen LogP contribution in [0.25, 0.3) is 0 Å². The quantitative estimate of drug-likeness (QED) is 0.594. The molecule has 180 valence electrons. The molecule has 7 atom stereocenters. The average Bonchev–Trinajstić information content (AvgIpc) is 3.10. The Balaban J connectivity index is 0.000000275. The van der Waals surface area contributed by atoms with E-state index in [4.69, 9.17) is 10.2 Å². The molecule has 0 aliphatic heterocycles. The lowest BCUT2D eigenvalue weighted by Crippen LogP contribution is -2.51. The molecule has 5 heteroatoms. The zero-order valence-electron chi connectivity index (χ0n) is 20.4. The first-order chi connectivity index (χ1) is 15.0. The maximum absolute atomic E-state index is 12.1. The standard InChI is InChI=1S/C21H30O2.C6H12O3/c1-13(22)17-6-7-18-16-5-4-14-12-15(23)8-10-20(14,2)19(16)9-11-21(17,18)3;1-2-3-4-5(7)6(8)9/h12,16-19H,4-11H2,1-3H3;5,7H,2-4H2,1H3,(H,8,9)/t16-,17+,18-,19-,20-,21+;/m0./s1. The Bertz CT molecular complexity index is 770. The third-order valence-corrected chi connectivity index (χ3v) is 9.57. The van der Waals surface area contributed by atoms with Gasteiger partial charge in [0.05, 0.1) is 0 Å². The topological polar surface area (TPSA) is 91.7 Å². The summed E-state index contributed by atoms with van der Waals surface area (Å²) in [6.07, 6.45) is 11.8. The van der Waals surface area contributed by atoms with Gasteiger partial charge in [0.25, 0.3) is 0 Å². The van der Waals surface area contributed by atoms with E-state index < -0.39 is 12.1 Å². The molecule has 0 saturated heterocycles. The van der Waals surface area contributed by atoms with Gasteiger partial charge >= 0.3 is 5.97 Å². The van der Waals surface area contributed by atoms with E-state index >= 15 is 0 Å². The molecule has 0 aromatic heterocycles. The van der Waals surface area contributed by atoms with E-state index in [0.29, 0.717) is 23.9 Å². The average molecular weight is 447 g/mol. The summed E-state index contributed by atoms with van der Waals surface area (Å²) in [4.78, 5) is 34.0. The van der Waals surface area contributed by atoms with Crippen LogP contribution in [-0.4, -0.2) is 33.9 Å². The van der Waals surface area contributed by atoms with Crippen LogP contribution in [0.15, 0.2) is 11.6 Å². The van der Waals surface area contributed by atoms with Crippen molar-refractivity contribution in [3.8, 4) is 0 Å².